The van der Waals surface area contributed by atoms with Crippen LogP contribution in [0.2, 0.25) is 0 Å². The molecule has 0 spiro atoms. The number of pyridine rings is 1. The van der Waals surface area contributed by atoms with Gasteiger partial charge in [0.2, 0.25) is 15.6 Å². The van der Waals surface area contributed by atoms with Crippen molar-refractivity contribution in [1.29, 1.82) is 0 Å². The number of aryl methyl sites for hydroxylation is 1. The van der Waals surface area contributed by atoms with Crippen LogP contribution in [-0.4, -0.2) is 48.8 Å². The molecule has 1 saturated heterocycles. The lowest BCUT2D eigenvalue weighted by Crippen LogP contribution is -2.39. The molecule has 0 aliphatic carbocycles. The highest BCUT2D eigenvalue weighted by Gasteiger charge is 2.44. The molecular formula is C19H21N3O5S. The van der Waals surface area contributed by atoms with Crippen LogP contribution in [0.15, 0.2) is 46.1 Å². The van der Waals surface area contributed by atoms with Crippen molar-refractivity contribution in [2.24, 2.45) is 0 Å². The van der Waals surface area contributed by atoms with Crippen LogP contribution in [0.5, 0.6) is 5.75 Å². The van der Waals surface area contributed by atoms with Crippen LogP contribution in [0, 0.1) is 0 Å². The van der Waals surface area contributed by atoms with Crippen molar-refractivity contribution in [3.63, 3.8) is 0 Å². The molecule has 9 heteroatoms. The molecule has 1 fully saturated rings. The van der Waals surface area contributed by atoms with Crippen molar-refractivity contribution in [1.82, 2.24) is 14.6 Å². The Bertz CT molecular complexity index is 1080. The van der Waals surface area contributed by atoms with Gasteiger partial charge in [-0.1, -0.05) is 19.1 Å². The molecule has 3 heterocycles. The largest absolute Gasteiger partial charge is 0.490 e. The van der Waals surface area contributed by atoms with Crippen molar-refractivity contribution >= 4 is 15.9 Å². The van der Waals surface area contributed by atoms with Crippen LogP contribution in [0.25, 0.3) is 0 Å². The Hall–Kier alpha value is -2.65. The Kier molecular flexibility index (Phi) is 4.72. The zero-order chi connectivity index (χ0) is 19.9. The zero-order valence-corrected chi connectivity index (χ0v) is 16.2. The number of benzene rings is 1. The van der Waals surface area contributed by atoms with E-state index in [0.29, 0.717) is 29.8 Å². The molecule has 2 N–H and O–H groups in total. The Labute approximate surface area is 162 Å². The van der Waals surface area contributed by atoms with Crippen molar-refractivity contribution < 1.29 is 17.9 Å². The number of carbonyl (C=O) groups is 1. The third kappa shape index (κ3) is 3.20. The van der Waals surface area contributed by atoms with Crippen molar-refractivity contribution in [3.05, 3.63) is 58.0 Å². The highest BCUT2D eigenvalue weighted by molar-refractivity contribution is 7.89. The van der Waals surface area contributed by atoms with Crippen LogP contribution in [0.4, 0.5) is 0 Å². The second kappa shape index (κ2) is 7.06. The maximum atomic E-state index is 13.0. The standard InChI is InChI=1S/C19H21N3O5S/c1-2-15-14(7-8-18(23)21-15)19(24)20-12-9-13-11-27-16-5-3-4-6-17(16)28(25,26)22(13)10-12/h3-8,12-13H,2,9-11H2,1H3,(H,20,24)(H,21,23)/t12-,13-/m0/s1. The summed E-state index contributed by atoms with van der Waals surface area (Å²) >= 11 is 0. The molecule has 0 bridgehead atoms. The fourth-order valence-corrected chi connectivity index (χ4v) is 5.60. The Morgan fingerprint density at radius 3 is 2.86 bits per heavy atom. The van der Waals surface area contributed by atoms with Crippen LogP contribution in [0.1, 0.15) is 29.4 Å². The van der Waals surface area contributed by atoms with E-state index in [4.69, 9.17) is 4.74 Å². The number of ether oxygens (including phenoxy) is 1. The third-order valence-electron chi connectivity index (χ3n) is 5.17. The average Bonchev–Trinajstić information content (AvgIpc) is 3.05. The van der Waals surface area contributed by atoms with E-state index in [9.17, 15) is 18.0 Å². The molecule has 0 saturated carbocycles. The molecule has 2 aromatic rings. The second-order valence-electron chi connectivity index (χ2n) is 6.96. The second-order valence-corrected chi connectivity index (χ2v) is 8.82. The number of hydrogen-bond donors (Lipinski definition) is 2. The van der Waals surface area contributed by atoms with E-state index in [-0.39, 0.29) is 41.6 Å². The first-order valence-electron chi connectivity index (χ1n) is 9.17. The molecule has 2 aliphatic heterocycles. The van der Waals surface area contributed by atoms with E-state index in [1.165, 1.54) is 22.5 Å². The minimum Gasteiger partial charge on any atom is -0.490 e. The molecule has 0 radical (unpaired) electrons. The molecule has 148 valence electrons. The lowest BCUT2D eigenvalue weighted by molar-refractivity contribution is 0.0937. The lowest BCUT2D eigenvalue weighted by atomic mass is 10.1. The van der Waals surface area contributed by atoms with E-state index in [0.717, 1.165) is 0 Å². The molecule has 1 aromatic carbocycles. The van der Waals surface area contributed by atoms with Crippen LogP contribution >= 0.6 is 0 Å². The Morgan fingerprint density at radius 1 is 1.29 bits per heavy atom. The van der Waals surface area contributed by atoms with Gasteiger partial charge in [-0.25, -0.2) is 8.42 Å². The number of carbonyl (C=O) groups excluding carboxylic acids is 1. The van der Waals surface area contributed by atoms with Gasteiger partial charge in [0.05, 0.1) is 11.6 Å². The van der Waals surface area contributed by atoms with Gasteiger partial charge in [-0.2, -0.15) is 4.31 Å². The maximum Gasteiger partial charge on any atom is 0.253 e. The van der Waals surface area contributed by atoms with Gasteiger partial charge in [0.15, 0.2) is 0 Å². The first kappa shape index (κ1) is 18.7. The highest BCUT2D eigenvalue weighted by atomic mass is 32.2. The van der Waals surface area contributed by atoms with Crippen molar-refractivity contribution in [3.8, 4) is 5.75 Å². The first-order chi connectivity index (χ1) is 13.4. The molecular weight excluding hydrogens is 382 g/mol. The van der Waals surface area contributed by atoms with Crippen molar-refractivity contribution in [2.75, 3.05) is 13.2 Å². The quantitative estimate of drug-likeness (QED) is 0.791. The summed E-state index contributed by atoms with van der Waals surface area (Å²) in [4.78, 5) is 27.0. The van der Waals surface area contributed by atoms with E-state index in [1.807, 2.05) is 6.92 Å². The summed E-state index contributed by atoms with van der Waals surface area (Å²) in [5.74, 6) is 0.0350. The van der Waals surface area contributed by atoms with Gasteiger partial charge in [0, 0.05) is 24.3 Å². The first-order valence-corrected chi connectivity index (χ1v) is 10.6. The number of fused-ring (bicyclic) bond motifs is 2. The molecule has 8 nitrogen and oxygen atoms in total. The minimum absolute atomic E-state index is 0.151. The molecule has 2 atom stereocenters. The maximum absolute atomic E-state index is 13.0. The number of nitrogens with zero attached hydrogens (tertiary/aromatic N) is 1. The highest BCUT2D eigenvalue weighted by Crippen LogP contribution is 2.35. The summed E-state index contributed by atoms with van der Waals surface area (Å²) in [5.41, 5.74) is 0.695. The summed E-state index contributed by atoms with van der Waals surface area (Å²) in [7, 11) is -3.70. The van der Waals surface area contributed by atoms with Gasteiger partial charge in [-0.05, 0) is 31.0 Å². The van der Waals surface area contributed by atoms with Crippen LogP contribution in [-0.2, 0) is 16.4 Å². The number of para-hydroxylation sites is 1. The molecule has 1 amide bonds. The zero-order valence-electron chi connectivity index (χ0n) is 15.3. The van der Waals surface area contributed by atoms with E-state index >= 15 is 0 Å². The normalized spacial score (nSPS) is 23.2. The smallest absolute Gasteiger partial charge is 0.253 e. The summed E-state index contributed by atoms with van der Waals surface area (Å²) in [6, 6.07) is 8.72. The summed E-state index contributed by atoms with van der Waals surface area (Å²) in [6.07, 6.45) is 0.973. The topological polar surface area (TPSA) is 109 Å². The van der Waals surface area contributed by atoms with Gasteiger partial charge in [-0.3, -0.25) is 9.59 Å². The Balaban J connectivity index is 1.55. The SMILES string of the molecule is CCc1[nH]c(=O)ccc1C(=O)N[C@H]1C[C@H]2COc3ccccc3S(=O)(=O)N2C1. The number of H-pyrrole nitrogens is 1. The van der Waals surface area contributed by atoms with E-state index in [1.54, 1.807) is 18.2 Å². The molecule has 0 unspecified atom stereocenters. The molecule has 28 heavy (non-hydrogen) atoms. The number of aromatic amines is 1. The number of aromatic nitrogens is 1. The fraction of sp³-hybridized carbons (Fsp3) is 0.368. The van der Waals surface area contributed by atoms with E-state index in [2.05, 4.69) is 10.3 Å². The summed E-state index contributed by atoms with van der Waals surface area (Å²) < 4.78 is 33.2. The predicted octanol–water partition coefficient (Wildman–Crippen LogP) is 0.891. The number of nitrogens with one attached hydrogen (secondary N) is 2. The molecule has 4 rings (SSSR count). The lowest BCUT2D eigenvalue weighted by Gasteiger charge is -2.19. The number of hydrogen-bond acceptors (Lipinski definition) is 5. The monoisotopic (exact) mass is 403 g/mol. The van der Waals surface area contributed by atoms with Gasteiger partial charge in [0.1, 0.15) is 17.3 Å². The molecule has 1 aromatic heterocycles. The Morgan fingerprint density at radius 2 is 2.07 bits per heavy atom. The van der Waals surface area contributed by atoms with Gasteiger partial charge >= 0.3 is 0 Å². The van der Waals surface area contributed by atoms with Crippen molar-refractivity contribution in [2.45, 2.75) is 36.7 Å². The van der Waals surface area contributed by atoms with Crippen LogP contribution in [0.3, 0.4) is 0 Å². The third-order valence-corrected chi connectivity index (χ3v) is 7.12. The fourth-order valence-electron chi connectivity index (χ4n) is 3.80. The summed E-state index contributed by atoms with van der Waals surface area (Å²) in [5, 5.41) is 2.91. The van der Waals surface area contributed by atoms with Gasteiger partial charge in [-0.15, -0.1) is 0 Å². The number of rotatable bonds is 3. The predicted molar refractivity (Wildman–Crippen MR) is 102 cm³/mol. The van der Waals surface area contributed by atoms with Gasteiger partial charge < -0.3 is 15.0 Å². The number of amides is 1. The molecule has 2 aliphatic rings. The average molecular weight is 403 g/mol. The summed E-state index contributed by atoms with van der Waals surface area (Å²) in [6.45, 7) is 2.27. The number of sulfonamides is 1. The van der Waals surface area contributed by atoms with E-state index < -0.39 is 10.0 Å². The van der Waals surface area contributed by atoms with Crippen LogP contribution < -0.4 is 15.6 Å². The minimum atomic E-state index is -3.70. The van der Waals surface area contributed by atoms with Gasteiger partial charge in [0.25, 0.3) is 5.91 Å².